The molecule has 0 spiro atoms. The SMILES string of the molecule is COc1c(C)cnc(COc2ccc(Br)c(CO)c2)c1C. The lowest BCUT2D eigenvalue weighted by molar-refractivity contribution is 0.276. The Morgan fingerprint density at radius 1 is 1.29 bits per heavy atom. The summed E-state index contributed by atoms with van der Waals surface area (Å²) in [5.74, 6) is 1.54. The zero-order valence-corrected chi connectivity index (χ0v) is 13.9. The standard InChI is InChI=1S/C16H18BrNO3/c1-10-7-18-15(11(2)16(10)20-3)9-21-13-4-5-14(17)12(6-13)8-19/h4-7,19H,8-9H2,1-3H3. The third-order valence-electron chi connectivity index (χ3n) is 3.31. The summed E-state index contributed by atoms with van der Waals surface area (Å²) in [6.45, 7) is 4.26. The summed E-state index contributed by atoms with van der Waals surface area (Å²) in [6, 6.07) is 5.52. The van der Waals surface area contributed by atoms with Crippen LogP contribution in [0.3, 0.4) is 0 Å². The average Bonchev–Trinajstić information content (AvgIpc) is 2.48. The van der Waals surface area contributed by atoms with Crippen LogP contribution in [0.5, 0.6) is 11.5 Å². The maximum Gasteiger partial charge on any atom is 0.131 e. The van der Waals surface area contributed by atoms with Gasteiger partial charge in [0.15, 0.2) is 0 Å². The fourth-order valence-corrected chi connectivity index (χ4v) is 2.50. The van der Waals surface area contributed by atoms with Crippen molar-refractivity contribution < 1.29 is 14.6 Å². The van der Waals surface area contributed by atoms with Crippen molar-refractivity contribution in [3.8, 4) is 11.5 Å². The van der Waals surface area contributed by atoms with Gasteiger partial charge in [0.1, 0.15) is 18.1 Å². The summed E-state index contributed by atoms with van der Waals surface area (Å²) in [4.78, 5) is 4.40. The van der Waals surface area contributed by atoms with Crippen molar-refractivity contribution in [3.05, 3.63) is 51.3 Å². The maximum atomic E-state index is 9.26. The van der Waals surface area contributed by atoms with Crippen LogP contribution in [0, 0.1) is 13.8 Å². The third kappa shape index (κ3) is 3.54. The molecular formula is C16H18BrNO3. The summed E-state index contributed by atoms with van der Waals surface area (Å²) in [5.41, 5.74) is 3.62. The first kappa shape index (κ1) is 15.8. The lowest BCUT2D eigenvalue weighted by atomic mass is 10.1. The summed E-state index contributed by atoms with van der Waals surface area (Å²) in [7, 11) is 1.65. The van der Waals surface area contributed by atoms with E-state index >= 15 is 0 Å². The Labute approximate surface area is 132 Å². The number of aryl methyl sites for hydroxylation is 1. The molecule has 1 N–H and O–H groups in total. The first-order chi connectivity index (χ1) is 10.1. The molecule has 0 radical (unpaired) electrons. The molecule has 0 unspecified atom stereocenters. The molecule has 0 amide bonds. The Hall–Kier alpha value is -1.59. The molecule has 0 aliphatic rings. The van der Waals surface area contributed by atoms with E-state index in [-0.39, 0.29) is 6.61 Å². The molecule has 1 aromatic carbocycles. The van der Waals surface area contributed by atoms with E-state index in [1.54, 1.807) is 13.3 Å². The minimum absolute atomic E-state index is 0.0343. The Balaban J connectivity index is 2.17. The van der Waals surface area contributed by atoms with E-state index in [1.165, 1.54) is 0 Å². The Morgan fingerprint density at radius 2 is 2.05 bits per heavy atom. The minimum atomic E-state index is -0.0343. The fourth-order valence-electron chi connectivity index (χ4n) is 2.13. The van der Waals surface area contributed by atoms with Crippen LogP contribution in [0.1, 0.15) is 22.4 Å². The summed E-state index contributed by atoms with van der Waals surface area (Å²) in [5, 5.41) is 9.26. The molecule has 5 heteroatoms. The van der Waals surface area contributed by atoms with Crippen LogP contribution < -0.4 is 9.47 Å². The molecule has 2 rings (SSSR count). The van der Waals surface area contributed by atoms with Gasteiger partial charge in [-0.25, -0.2) is 0 Å². The van der Waals surface area contributed by atoms with E-state index in [4.69, 9.17) is 9.47 Å². The lowest BCUT2D eigenvalue weighted by Crippen LogP contribution is -2.04. The van der Waals surface area contributed by atoms with Gasteiger partial charge in [-0.3, -0.25) is 4.98 Å². The van der Waals surface area contributed by atoms with Crippen LogP contribution in [0.25, 0.3) is 0 Å². The minimum Gasteiger partial charge on any atom is -0.496 e. The molecule has 0 fully saturated rings. The topological polar surface area (TPSA) is 51.6 Å². The Kier molecular flexibility index (Phi) is 5.20. The number of aromatic nitrogens is 1. The molecule has 2 aromatic rings. The Morgan fingerprint density at radius 3 is 2.71 bits per heavy atom. The van der Waals surface area contributed by atoms with Gasteiger partial charge in [-0.15, -0.1) is 0 Å². The zero-order valence-electron chi connectivity index (χ0n) is 12.3. The quantitative estimate of drug-likeness (QED) is 0.894. The van der Waals surface area contributed by atoms with Gasteiger partial charge in [-0.2, -0.15) is 0 Å². The predicted octanol–water partition coefficient (Wildman–Crippen LogP) is 3.54. The van der Waals surface area contributed by atoms with Crippen molar-refractivity contribution in [1.82, 2.24) is 4.98 Å². The first-order valence-electron chi connectivity index (χ1n) is 6.58. The van der Waals surface area contributed by atoms with Crippen LogP contribution in [-0.2, 0) is 13.2 Å². The van der Waals surface area contributed by atoms with E-state index in [0.717, 1.165) is 32.6 Å². The van der Waals surface area contributed by atoms with Crippen LogP contribution in [0.4, 0.5) is 0 Å². The number of hydrogen-bond acceptors (Lipinski definition) is 4. The largest absolute Gasteiger partial charge is 0.496 e. The van der Waals surface area contributed by atoms with Crippen LogP contribution in [0.15, 0.2) is 28.9 Å². The number of methoxy groups -OCH3 is 1. The Bertz CT molecular complexity index is 644. The second kappa shape index (κ2) is 6.91. The van der Waals surface area contributed by atoms with Crippen molar-refractivity contribution in [2.75, 3.05) is 7.11 Å². The molecular weight excluding hydrogens is 334 g/mol. The van der Waals surface area contributed by atoms with Gasteiger partial charge >= 0.3 is 0 Å². The molecule has 0 bridgehead atoms. The first-order valence-corrected chi connectivity index (χ1v) is 7.37. The molecule has 0 saturated carbocycles. The maximum absolute atomic E-state index is 9.26. The van der Waals surface area contributed by atoms with Crippen LogP contribution >= 0.6 is 15.9 Å². The van der Waals surface area contributed by atoms with E-state index < -0.39 is 0 Å². The van der Waals surface area contributed by atoms with Gasteiger partial charge in [-0.05, 0) is 37.6 Å². The van der Waals surface area contributed by atoms with Gasteiger partial charge in [0, 0.05) is 21.8 Å². The second-order valence-electron chi connectivity index (χ2n) is 4.75. The number of ether oxygens (including phenoxy) is 2. The van der Waals surface area contributed by atoms with Crippen LogP contribution in [-0.4, -0.2) is 17.2 Å². The molecule has 0 aliphatic heterocycles. The normalized spacial score (nSPS) is 10.5. The number of rotatable bonds is 5. The summed E-state index contributed by atoms with van der Waals surface area (Å²) >= 11 is 3.38. The summed E-state index contributed by atoms with van der Waals surface area (Å²) in [6.07, 6.45) is 1.78. The van der Waals surface area contributed by atoms with E-state index in [0.29, 0.717) is 12.4 Å². The van der Waals surface area contributed by atoms with Crippen molar-refractivity contribution in [1.29, 1.82) is 0 Å². The van der Waals surface area contributed by atoms with Crippen molar-refractivity contribution in [2.45, 2.75) is 27.1 Å². The van der Waals surface area contributed by atoms with Gasteiger partial charge in [-0.1, -0.05) is 15.9 Å². The van der Waals surface area contributed by atoms with Crippen molar-refractivity contribution in [2.24, 2.45) is 0 Å². The number of hydrogen-bond donors (Lipinski definition) is 1. The predicted molar refractivity (Wildman–Crippen MR) is 84.7 cm³/mol. The number of benzene rings is 1. The number of aliphatic hydroxyl groups excluding tert-OH is 1. The van der Waals surface area contributed by atoms with Crippen molar-refractivity contribution >= 4 is 15.9 Å². The fraction of sp³-hybridized carbons (Fsp3) is 0.312. The van der Waals surface area contributed by atoms with Gasteiger partial charge in [0.05, 0.1) is 19.4 Å². The van der Waals surface area contributed by atoms with Gasteiger partial charge < -0.3 is 14.6 Å². The van der Waals surface area contributed by atoms with E-state index in [2.05, 4.69) is 20.9 Å². The van der Waals surface area contributed by atoms with E-state index in [1.807, 2.05) is 32.0 Å². The van der Waals surface area contributed by atoms with Gasteiger partial charge in [0.25, 0.3) is 0 Å². The highest BCUT2D eigenvalue weighted by Gasteiger charge is 2.10. The summed E-state index contributed by atoms with van der Waals surface area (Å²) < 4.78 is 12.0. The zero-order chi connectivity index (χ0) is 15.4. The molecule has 21 heavy (non-hydrogen) atoms. The number of halogens is 1. The molecule has 4 nitrogen and oxygen atoms in total. The molecule has 112 valence electrons. The van der Waals surface area contributed by atoms with Crippen molar-refractivity contribution in [3.63, 3.8) is 0 Å². The lowest BCUT2D eigenvalue weighted by Gasteiger charge is -2.13. The monoisotopic (exact) mass is 351 g/mol. The number of nitrogens with zero attached hydrogens (tertiary/aromatic N) is 1. The number of pyridine rings is 1. The molecule has 1 heterocycles. The average molecular weight is 352 g/mol. The van der Waals surface area contributed by atoms with E-state index in [9.17, 15) is 5.11 Å². The van der Waals surface area contributed by atoms with Gasteiger partial charge in [0.2, 0.25) is 0 Å². The highest BCUT2D eigenvalue weighted by atomic mass is 79.9. The smallest absolute Gasteiger partial charge is 0.131 e. The number of aliphatic hydroxyl groups is 1. The molecule has 0 saturated heterocycles. The molecule has 0 atom stereocenters. The highest BCUT2D eigenvalue weighted by molar-refractivity contribution is 9.10. The third-order valence-corrected chi connectivity index (χ3v) is 4.09. The molecule has 0 aliphatic carbocycles. The van der Waals surface area contributed by atoms with Crippen LogP contribution in [0.2, 0.25) is 0 Å². The molecule has 1 aromatic heterocycles. The second-order valence-corrected chi connectivity index (χ2v) is 5.60. The highest BCUT2D eigenvalue weighted by Crippen LogP contribution is 2.26.